The Labute approximate surface area is 39.1 Å². The molecule has 0 bridgehead atoms. The molecule has 0 aromatic heterocycles. The van der Waals surface area contributed by atoms with Crippen LogP contribution in [-0.2, 0) is 9.59 Å². The molecule has 38 valence electrons. The number of amides is 2. The minimum Gasteiger partial charge on any atom is -0.375 e. The molecule has 1 heterocycles. The largest absolute Gasteiger partial charge is 0.375 e. The van der Waals surface area contributed by atoms with Crippen molar-refractivity contribution in [1.82, 2.24) is 5.32 Å². The first-order valence-corrected chi connectivity index (χ1v) is 1.74. The molecule has 4 heteroatoms. The van der Waals surface area contributed by atoms with E-state index in [1.54, 1.807) is 0 Å². The second-order valence-corrected chi connectivity index (χ2v) is 1.26. The van der Waals surface area contributed by atoms with Crippen LogP contribution in [0.25, 0.3) is 0 Å². The highest BCUT2D eigenvalue weighted by molar-refractivity contribution is 6.20. The molecule has 4 nitrogen and oxygen atoms in total. The van der Waals surface area contributed by atoms with Gasteiger partial charge >= 0.3 is 0 Å². The predicted octanol–water partition coefficient (Wildman–Crippen LogP) is -2.00. The molecule has 1 aliphatic rings. The van der Waals surface area contributed by atoms with Crippen LogP contribution in [0, 0.1) is 0 Å². The Morgan fingerprint density at radius 1 is 1.43 bits per heavy atom. The van der Waals surface area contributed by atoms with Crippen molar-refractivity contribution in [3.8, 4) is 0 Å². The maximum Gasteiger partial charge on any atom is 0.265 e. The second kappa shape index (κ2) is 1.04. The molecule has 0 saturated carbocycles. The van der Waals surface area contributed by atoms with Crippen LogP contribution in [0.4, 0.5) is 0 Å². The van der Waals surface area contributed by atoms with Crippen molar-refractivity contribution >= 4 is 11.8 Å². The summed E-state index contributed by atoms with van der Waals surface area (Å²) >= 11 is 0. The summed E-state index contributed by atoms with van der Waals surface area (Å²) in [6, 6.07) is 0. The molecule has 0 aliphatic carbocycles. The van der Waals surface area contributed by atoms with Gasteiger partial charge in [0.1, 0.15) is 0 Å². The minimum absolute atomic E-state index is 0.606. The number of imide groups is 1. The van der Waals surface area contributed by atoms with Crippen molar-refractivity contribution in [1.29, 1.82) is 0 Å². The van der Waals surface area contributed by atoms with Crippen molar-refractivity contribution in [2.75, 3.05) is 0 Å². The Bertz CT molecular complexity index is 116. The minimum atomic E-state index is -1.39. The van der Waals surface area contributed by atoms with E-state index in [2.05, 4.69) is 0 Å². The first kappa shape index (κ1) is 4.26. The van der Waals surface area contributed by atoms with Gasteiger partial charge in [-0.25, -0.2) is 0 Å². The molecule has 0 radical (unpaired) electrons. The van der Waals surface area contributed by atoms with Gasteiger partial charge in [-0.15, -0.1) is 0 Å². The number of rotatable bonds is 0. The lowest BCUT2D eigenvalue weighted by Crippen LogP contribution is -2.58. The summed E-state index contributed by atoms with van der Waals surface area (Å²) in [5.41, 5.74) is 0. The van der Waals surface area contributed by atoms with E-state index < -0.39 is 17.9 Å². The topological polar surface area (TPSA) is 66.4 Å². The quantitative estimate of drug-likeness (QED) is 0.274. The Hall–Kier alpha value is -0.900. The van der Waals surface area contributed by atoms with E-state index in [-0.39, 0.29) is 0 Å². The van der Waals surface area contributed by atoms with E-state index in [9.17, 15) is 9.59 Å². The number of β-lactam (4-membered cyclic amide) rings is 2. The monoisotopic (exact) mass is 101 g/mol. The molecule has 0 atom stereocenters. The first-order chi connectivity index (χ1) is 3.22. The molecule has 1 rings (SSSR count). The molecule has 0 spiro atoms. The van der Waals surface area contributed by atoms with Crippen LogP contribution < -0.4 is 5.32 Å². The third-order valence-corrected chi connectivity index (χ3v) is 0.743. The van der Waals surface area contributed by atoms with Crippen LogP contribution >= 0.6 is 0 Å². The van der Waals surface area contributed by atoms with Gasteiger partial charge in [0.25, 0.3) is 11.8 Å². The Kier molecular flexibility index (Phi) is 0.631. The summed E-state index contributed by atoms with van der Waals surface area (Å²) < 4.78 is 0. The van der Waals surface area contributed by atoms with Crippen LogP contribution in [-0.4, -0.2) is 23.0 Å². The molecule has 0 aromatic rings. The molecule has 0 aromatic carbocycles. The van der Waals surface area contributed by atoms with Crippen LogP contribution in [0.3, 0.4) is 0 Å². The average molecular weight is 101 g/mol. The van der Waals surface area contributed by atoms with E-state index >= 15 is 0 Å². The fraction of sp³-hybridized carbons (Fsp3) is 0.333. The maximum absolute atomic E-state index is 9.86. The Morgan fingerprint density at radius 3 is 1.86 bits per heavy atom. The fourth-order valence-electron chi connectivity index (χ4n) is 0.299. The van der Waals surface area contributed by atoms with Crippen LogP contribution in [0.1, 0.15) is 0 Å². The van der Waals surface area contributed by atoms with Gasteiger partial charge in [-0.05, 0) is 0 Å². The third kappa shape index (κ3) is 0.398. The lowest BCUT2D eigenvalue weighted by atomic mass is 10.2. The lowest BCUT2D eigenvalue weighted by molar-refractivity contribution is -0.154. The van der Waals surface area contributed by atoms with Gasteiger partial charge in [0.2, 0.25) is 6.10 Å². The second-order valence-electron chi connectivity index (χ2n) is 1.26. The Morgan fingerprint density at radius 2 is 1.86 bits per heavy atom. The highest BCUT2D eigenvalue weighted by Crippen LogP contribution is 1.92. The summed E-state index contributed by atoms with van der Waals surface area (Å²) in [6.45, 7) is 0. The van der Waals surface area contributed by atoms with Gasteiger partial charge in [-0.1, -0.05) is 0 Å². The first-order valence-electron chi connectivity index (χ1n) is 1.74. The van der Waals surface area contributed by atoms with Gasteiger partial charge in [-0.3, -0.25) is 14.9 Å². The molecule has 1 saturated heterocycles. The van der Waals surface area contributed by atoms with Gasteiger partial charge in [0, 0.05) is 0 Å². The van der Waals surface area contributed by atoms with E-state index in [1.807, 2.05) is 5.32 Å². The molecule has 7 heavy (non-hydrogen) atoms. The summed E-state index contributed by atoms with van der Waals surface area (Å²) in [6.07, 6.45) is -1.39. The zero-order valence-electron chi connectivity index (χ0n) is 3.34. The predicted molar refractivity (Wildman–Crippen MR) is 19.2 cm³/mol. The molecule has 0 unspecified atom stereocenters. The zero-order valence-corrected chi connectivity index (χ0v) is 3.34. The van der Waals surface area contributed by atoms with Crippen molar-refractivity contribution in [3.05, 3.63) is 0 Å². The van der Waals surface area contributed by atoms with Gasteiger partial charge in [-0.2, -0.15) is 0 Å². The van der Waals surface area contributed by atoms with E-state index in [0.717, 1.165) is 0 Å². The van der Waals surface area contributed by atoms with Crippen LogP contribution in [0.5, 0.6) is 0 Å². The Balaban J connectivity index is 2.59. The number of carbonyl (C=O) groups excluding carboxylic acids is 2. The molecular formula is C3H3NO3. The maximum atomic E-state index is 9.86. The van der Waals surface area contributed by atoms with Gasteiger partial charge in [0.15, 0.2) is 0 Å². The fourth-order valence-corrected chi connectivity index (χ4v) is 0.299. The summed E-state index contributed by atoms with van der Waals surface area (Å²) in [7, 11) is 0. The highest BCUT2D eigenvalue weighted by Gasteiger charge is 2.35. The highest BCUT2D eigenvalue weighted by atomic mass is 16.3. The molecular weight excluding hydrogens is 98.0 g/mol. The van der Waals surface area contributed by atoms with E-state index in [1.165, 1.54) is 0 Å². The summed E-state index contributed by atoms with van der Waals surface area (Å²) in [4.78, 5) is 19.7. The number of aliphatic hydroxyl groups is 1. The average Bonchev–Trinajstić information content (AvgIpc) is 1.68. The van der Waals surface area contributed by atoms with Crippen molar-refractivity contribution in [3.63, 3.8) is 0 Å². The summed E-state index contributed by atoms with van der Waals surface area (Å²) in [5, 5.41) is 10.1. The molecule has 1 aliphatic heterocycles. The lowest BCUT2D eigenvalue weighted by Gasteiger charge is -2.16. The number of hydrogen-bond acceptors (Lipinski definition) is 3. The van der Waals surface area contributed by atoms with Crippen LogP contribution in [0.2, 0.25) is 0 Å². The SMILES string of the molecule is O=C1NC(=O)C1O. The van der Waals surface area contributed by atoms with Gasteiger partial charge < -0.3 is 5.11 Å². The standard InChI is InChI=1S/C3H3NO3/c5-1-2(6)4-3(1)7/h1,5H,(H,4,6,7). The van der Waals surface area contributed by atoms with Crippen molar-refractivity contribution in [2.24, 2.45) is 0 Å². The number of hydrogen-bond donors (Lipinski definition) is 2. The van der Waals surface area contributed by atoms with Gasteiger partial charge in [0.05, 0.1) is 0 Å². The molecule has 1 fully saturated rings. The number of aliphatic hydroxyl groups excluding tert-OH is 1. The normalized spacial score (nSPS) is 21.3. The van der Waals surface area contributed by atoms with Crippen molar-refractivity contribution in [2.45, 2.75) is 6.10 Å². The zero-order chi connectivity index (χ0) is 5.44. The molecule has 2 amide bonds. The third-order valence-electron chi connectivity index (χ3n) is 0.743. The number of nitrogens with one attached hydrogen (secondary N) is 1. The van der Waals surface area contributed by atoms with E-state index in [0.29, 0.717) is 0 Å². The molecule has 2 N–H and O–H groups in total. The summed E-state index contributed by atoms with van der Waals surface area (Å²) in [5.74, 6) is -1.21. The number of carbonyl (C=O) groups is 2. The van der Waals surface area contributed by atoms with Crippen molar-refractivity contribution < 1.29 is 14.7 Å². The smallest absolute Gasteiger partial charge is 0.265 e. The van der Waals surface area contributed by atoms with E-state index in [4.69, 9.17) is 5.11 Å². The van der Waals surface area contributed by atoms with Crippen LogP contribution in [0.15, 0.2) is 0 Å².